The Morgan fingerprint density at radius 1 is 1.44 bits per heavy atom. The number of ether oxygens (including phenoxy) is 1. The van der Waals surface area contributed by atoms with Gasteiger partial charge in [0.2, 0.25) is 0 Å². The van der Waals surface area contributed by atoms with Gasteiger partial charge in [-0.05, 0) is 31.2 Å². The SMILES string of the molecule is CCCCC(NC)c1ccc(Cl)c(OC)c1. The predicted octanol–water partition coefficient (Wildman–Crippen LogP) is 3.80. The van der Waals surface area contributed by atoms with E-state index in [1.54, 1.807) is 7.11 Å². The van der Waals surface area contributed by atoms with Crippen molar-refractivity contribution in [3.8, 4) is 5.75 Å². The summed E-state index contributed by atoms with van der Waals surface area (Å²) in [5.41, 5.74) is 1.23. The number of unbranched alkanes of at least 4 members (excludes halogenated alkanes) is 1. The zero-order chi connectivity index (χ0) is 12.0. The molecule has 0 bridgehead atoms. The lowest BCUT2D eigenvalue weighted by molar-refractivity contribution is 0.413. The Labute approximate surface area is 103 Å². The summed E-state index contributed by atoms with van der Waals surface area (Å²) in [6.07, 6.45) is 3.57. The standard InChI is InChI=1S/C13H20ClNO/c1-4-5-6-12(15-2)10-7-8-11(14)13(9-10)16-3/h7-9,12,15H,4-6H2,1-3H3. The van der Waals surface area contributed by atoms with Crippen LogP contribution in [0.2, 0.25) is 5.02 Å². The highest BCUT2D eigenvalue weighted by molar-refractivity contribution is 6.32. The minimum atomic E-state index is 0.381. The van der Waals surface area contributed by atoms with Crippen LogP contribution in [0, 0.1) is 0 Å². The van der Waals surface area contributed by atoms with E-state index in [4.69, 9.17) is 16.3 Å². The molecule has 0 aliphatic heterocycles. The van der Waals surface area contributed by atoms with Gasteiger partial charge in [0.1, 0.15) is 5.75 Å². The molecule has 0 aliphatic rings. The topological polar surface area (TPSA) is 21.3 Å². The smallest absolute Gasteiger partial charge is 0.137 e. The van der Waals surface area contributed by atoms with Crippen molar-refractivity contribution in [2.75, 3.05) is 14.2 Å². The number of methoxy groups -OCH3 is 1. The van der Waals surface area contributed by atoms with Crippen molar-refractivity contribution in [2.24, 2.45) is 0 Å². The zero-order valence-electron chi connectivity index (χ0n) is 10.2. The second-order valence-corrected chi connectivity index (χ2v) is 4.28. The van der Waals surface area contributed by atoms with Gasteiger partial charge in [0.05, 0.1) is 12.1 Å². The fourth-order valence-corrected chi connectivity index (χ4v) is 1.97. The van der Waals surface area contributed by atoms with Gasteiger partial charge in [-0.3, -0.25) is 0 Å². The Bertz CT molecular complexity index is 328. The molecule has 0 radical (unpaired) electrons. The number of nitrogens with one attached hydrogen (secondary N) is 1. The van der Waals surface area contributed by atoms with Crippen molar-refractivity contribution >= 4 is 11.6 Å². The summed E-state index contributed by atoms with van der Waals surface area (Å²) in [7, 11) is 3.63. The van der Waals surface area contributed by atoms with Gasteiger partial charge in [-0.15, -0.1) is 0 Å². The first kappa shape index (κ1) is 13.3. The maximum Gasteiger partial charge on any atom is 0.137 e. The van der Waals surface area contributed by atoms with E-state index in [1.165, 1.54) is 18.4 Å². The molecule has 3 heteroatoms. The molecule has 1 unspecified atom stereocenters. The summed E-state index contributed by atoms with van der Waals surface area (Å²) in [5.74, 6) is 0.746. The number of halogens is 1. The van der Waals surface area contributed by atoms with Gasteiger partial charge in [-0.2, -0.15) is 0 Å². The number of hydrogen-bond acceptors (Lipinski definition) is 2. The first-order valence-corrected chi connectivity index (χ1v) is 6.11. The molecule has 0 saturated heterocycles. The fraction of sp³-hybridized carbons (Fsp3) is 0.538. The van der Waals surface area contributed by atoms with Crippen LogP contribution in [0.15, 0.2) is 18.2 Å². The number of benzene rings is 1. The van der Waals surface area contributed by atoms with Crippen LogP contribution in [0.25, 0.3) is 0 Å². The minimum absolute atomic E-state index is 0.381. The fourth-order valence-electron chi connectivity index (χ4n) is 1.78. The second-order valence-electron chi connectivity index (χ2n) is 3.88. The monoisotopic (exact) mass is 241 g/mol. The van der Waals surface area contributed by atoms with Gasteiger partial charge in [0.25, 0.3) is 0 Å². The van der Waals surface area contributed by atoms with Crippen molar-refractivity contribution < 1.29 is 4.74 Å². The maximum atomic E-state index is 6.00. The van der Waals surface area contributed by atoms with Crippen LogP contribution in [-0.4, -0.2) is 14.2 Å². The van der Waals surface area contributed by atoms with Gasteiger partial charge < -0.3 is 10.1 Å². The first-order chi connectivity index (χ1) is 7.72. The third-order valence-electron chi connectivity index (χ3n) is 2.77. The van der Waals surface area contributed by atoms with Crippen molar-refractivity contribution in [3.63, 3.8) is 0 Å². The molecule has 0 aliphatic carbocycles. The quantitative estimate of drug-likeness (QED) is 0.818. The largest absolute Gasteiger partial charge is 0.495 e. The van der Waals surface area contributed by atoms with E-state index in [0.717, 1.165) is 12.2 Å². The van der Waals surface area contributed by atoms with Crippen molar-refractivity contribution in [1.29, 1.82) is 0 Å². The third kappa shape index (κ3) is 3.39. The summed E-state index contributed by atoms with van der Waals surface area (Å²) >= 11 is 6.00. The highest BCUT2D eigenvalue weighted by Crippen LogP contribution is 2.29. The van der Waals surface area contributed by atoms with Crippen molar-refractivity contribution in [3.05, 3.63) is 28.8 Å². The zero-order valence-corrected chi connectivity index (χ0v) is 11.0. The minimum Gasteiger partial charge on any atom is -0.495 e. The van der Waals surface area contributed by atoms with Crippen LogP contribution in [0.1, 0.15) is 37.8 Å². The van der Waals surface area contributed by atoms with Crippen molar-refractivity contribution in [1.82, 2.24) is 5.32 Å². The molecule has 1 N–H and O–H groups in total. The Morgan fingerprint density at radius 2 is 2.19 bits per heavy atom. The number of rotatable bonds is 6. The number of hydrogen-bond donors (Lipinski definition) is 1. The first-order valence-electron chi connectivity index (χ1n) is 5.73. The maximum absolute atomic E-state index is 6.00. The van der Waals surface area contributed by atoms with Gasteiger partial charge in [0.15, 0.2) is 0 Å². The molecule has 0 spiro atoms. The third-order valence-corrected chi connectivity index (χ3v) is 3.08. The molecule has 90 valence electrons. The average molecular weight is 242 g/mol. The van der Waals surface area contributed by atoms with Crippen LogP contribution in [0.3, 0.4) is 0 Å². The van der Waals surface area contributed by atoms with Crippen LogP contribution in [0.4, 0.5) is 0 Å². The highest BCUT2D eigenvalue weighted by Gasteiger charge is 2.10. The lowest BCUT2D eigenvalue weighted by Crippen LogP contribution is -2.16. The van der Waals surface area contributed by atoms with E-state index >= 15 is 0 Å². The Balaban J connectivity index is 2.83. The summed E-state index contributed by atoms with van der Waals surface area (Å²) in [4.78, 5) is 0. The lowest BCUT2D eigenvalue weighted by atomic mass is 10.0. The molecule has 1 atom stereocenters. The lowest BCUT2D eigenvalue weighted by Gasteiger charge is -2.17. The van der Waals surface area contributed by atoms with E-state index < -0.39 is 0 Å². The molecule has 0 fully saturated rings. The van der Waals surface area contributed by atoms with E-state index in [0.29, 0.717) is 11.1 Å². The van der Waals surface area contributed by atoms with Crippen LogP contribution in [0.5, 0.6) is 5.75 Å². The molecule has 0 amide bonds. The highest BCUT2D eigenvalue weighted by atomic mass is 35.5. The van der Waals surface area contributed by atoms with E-state index in [-0.39, 0.29) is 0 Å². The Morgan fingerprint density at radius 3 is 2.75 bits per heavy atom. The molecule has 1 aromatic carbocycles. The van der Waals surface area contributed by atoms with E-state index in [9.17, 15) is 0 Å². The average Bonchev–Trinajstić information content (AvgIpc) is 2.32. The normalized spacial score (nSPS) is 12.5. The van der Waals surface area contributed by atoms with Gasteiger partial charge >= 0.3 is 0 Å². The molecule has 0 heterocycles. The van der Waals surface area contributed by atoms with Crippen LogP contribution in [-0.2, 0) is 0 Å². The summed E-state index contributed by atoms with van der Waals surface area (Å²) < 4.78 is 5.23. The molecular weight excluding hydrogens is 222 g/mol. The summed E-state index contributed by atoms with van der Waals surface area (Å²) in [6, 6.07) is 6.35. The van der Waals surface area contributed by atoms with E-state index in [1.807, 2.05) is 19.2 Å². The van der Waals surface area contributed by atoms with Crippen LogP contribution < -0.4 is 10.1 Å². The Hall–Kier alpha value is -0.730. The molecular formula is C13H20ClNO. The molecule has 0 saturated carbocycles. The van der Waals surface area contributed by atoms with E-state index in [2.05, 4.69) is 18.3 Å². The molecule has 1 rings (SSSR count). The van der Waals surface area contributed by atoms with Gasteiger partial charge in [-0.1, -0.05) is 37.4 Å². The predicted molar refractivity (Wildman–Crippen MR) is 69.3 cm³/mol. The van der Waals surface area contributed by atoms with Gasteiger partial charge in [0, 0.05) is 6.04 Å². The summed E-state index contributed by atoms with van der Waals surface area (Å²) in [5, 5.41) is 3.99. The van der Waals surface area contributed by atoms with Crippen LogP contribution >= 0.6 is 11.6 Å². The van der Waals surface area contributed by atoms with Crippen molar-refractivity contribution in [2.45, 2.75) is 32.2 Å². The molecule has 16 heavy (non-hydrogen) atoms. The molecule has 0 aromatic heterocycles. The summed E-state index contributed by atoms with van der Waals surface area (Å²) in [6.45, 7) is 2.20. The molecule has 2 nitrogen and oxygen atoms in total. The second kappa shape index (κ2) is 6.77. The Kier molecular flexibility index (Phi) is 5.64. The van der Waals surface area contributed by atoms with Gasteiger partial charge in [-0.25, -0.2) is 0 Å². The molecule has 1 aromatic rings.